The van der Waals surface area contributed by atoms with Crippen LogP contribution in [-0.2, 0) is 6.54 Å². The van der Waals surface area contributed by atoms with Gasteiger partial charge in [0, 0.05) is 6.07 Å². The Kier molecular flexibility index (Phi) is 3.25. The van der Waals surface area contributed by atoms with Crippen LogP contribution < -0.4 is 0 Å². The van der Waals surface area contributed by atoms with Crippen LogP contribution in [0, 0.1) is 24.4 Å². The van der Waals surface area contributed by atoms with Crippen molar-refractivity contribution in [2.24, 2.45) is 0 Å². The largest absolute Gasteiger partial charge is 0.444 e. The van der Waals surface area contributed by atoms with Crippen molar-refractivity contribution in [1.29, 1.82) is 0 Å². The molecular formula is C13H11BrFN3OS. The number of hydrogen-bond donors (Lipinski definition) is 1. The average Bonchev–Trinajstić information content (AvgIpc) is 2.83. The molecule has 0 aliphatic carbocycles. The monoisotopic (exact) mass is 355 g/mol. The van der Waals surface area contributed by atoms with Crippen molar-refractivity contribution in [2.75, 3.05) is 0 Å². The molecule has 0 atom stereocenters. The summed E-state index contributed by atoms with van der Waals surface area (Å²) in [4.78, 5) is 7.32. The Labute approximate surface area is 127 Å². The van der Waals surface area contributed by atoms with E-state index in [9.17, 15) is 4.39 Å². The van der Waals surface area contributed by atoms with Crippen LogP contribution in [0.3, 0.4) is 0 Å². The van der Waals surface area contributed by atoms with E-state index in [1.54, 1.807) is 6.07 Å². The van der Waals surface area contributed by atoms with E-state index in [0.717, 1.165) is 17.0 Å². The minimum atomic E-state index is -0.330. The van der Waals surface area contributed by atoms with Crippen LogP contribution in [0.2, 0.25) is 0 Å². The number of fused-ring (bicyclic) bond motifs is 1. The van der Waals surface area contributed by atoms with Crippen LogP contribution in [0.4, 0.5) is 4.39 Å². The molecule has 2 aromatic heterocycles. The maximum Gasteiger partial charge on any atom is 0.214 e. The van der Waals surface area contributed by atoms with Crippen LogP contribution >= 0.6 is 28.1 Å². The number of hydrogen-bond acceptors (Lipinski definition) is 3. The van der Waals surface area contributed by atoms with Crippen molar-refractivity contribution in [2.45, 2.75) is 20.4 Å². The Morgan fingerprint density at radius 3 is 2.85 bits per heavy atom. The van der Waals surface area contributed by atoms with Gasteiger partial charge in [-0.05, 0) is 48.1 Å². The van der Waals surface area contributed by atoms with Gasteiger partial charge in [-0.15, -0.1) is 0 Å². The fourth-order valence-corrected chi connectivity index (χ4v) is 2.66. The van der Waals surface area contributed by atoms with Crippen LogP contribution in [0.1, 0.15) is 17.3 Å². The maximum absolute atomic E-state index is 13.5. The number of aromatic nitrogens is 3. The highest BCUT2D eigenvalue weighted by atomic mass is 79.9. The number of aryl methyl sites for hydroxylation is 2. The fraction of sp³-hybridized carbons (Fsp3) is 0.231. The van der Waals surface area contributed by atoms with Crippen LogP contribution in [0.15, 0.2) is 21.0 Å². The lowest BCUT2D eigenvalue weighted by Gasteiger charge is -2.02. The molecule has 0 fully saturated rings. The number of benzene rings is 1. The van der Waals surface area contributed by atoms with E-state index >= 15 is 0 Å². The second kappa shape index (κ2) is 4.82. The molecule has 0 aliphatic rings. The molecule has 4 nitrogen and oxygen atoms in total. The molecule has 1 aromatic carbocycles. The van der Waals surface area contributed by atoms with E-state index in [1.807, 2.05) is 18.4 Å². The van der Waals surface area contributed by atoms with Gasteiger partial charge in [-0.3, -0.25) is 0 Å². The van der Waals surface area contributed by atoms with Gasteiger partial charge in [-0.1, -0.05) is 0 Å². The predicted molar refractivity (Wildman–Crippen MR) is 79.9 cm³/mol. The molecule has 0 aliphatic heterocycles. The molecule has 1 N–H and O–H groups in total. The molecule has 0 saturated heterocycles. The molecular weight excluding hydrogens is 345 g/mol. The second-order valence-corrected chi connectivity index (χ2v) is 5.79. The molecule has 0 saturated carbocycles. The molecule has 0 unspecified atom stereocenters. The van der Waals surface area contributed by atoms with Gasteiger partial charge in [-0.2, -0.15) is 0 Å². The molecule has 2 heterocycles. The van der Waals surface area contributed by atoms with E-state index in [1.165, 1.54) is 6.07 Å². The number of imidazole rings is 1. The lowest BCUT2D eigenvalue weighted by molar-refractivity contribution is 0.458. The summed E-state index contributed by atoms with van der Waals surface area (Å²) in [6.45, 7) is 4.17. The lowest BCUT2D eigenvalue weighted by atomic mass is 10.3. The minimum Gasteiger partial charge on any atom is -0.444 e. The Bertz CT molecular complexity index is 845. The maximum atomic E-state index is 13.5. The highest BCUT2D eigenvalue weighted by Gasteiger charge is 2.12. The Morgan fingerprint density at radius 1 is 1.45 bits per heavy atom. The summed E-state index contributed by atoms with van der Waals surface area (Å²) in [5.41, 5.74) is 2.31. The Hall–Kier alpha value is -1.47. The lowest BCUT2D eigenvalue weighted by Crippen LogP contribution is -2.00. The van der Waals surface area contributed by atoms with Crippen molar-refractivity contribution in [3.05, 3.63) is 44.5 Å². The van der Waals surface area contributed by atoms with Gasteiger partial charge < -0.3 is 14.0 Å². The molecule has 0 bridgehead atoms. The van der Waals surface area contributed by atoms with Crippen molar-refractivity contribution in [1.82, 2.24) is 14.5 Å². The highest BCUT2D eigenvalue weighted by Crippen LogP contribution is 2.24. The van der Waals surface area contributed by atoms with Gasteiger partial charge in [0.25, 0.3) is 0 Å². The molecule has 7 heteroatoms. The summed E-state index contributed by atoms with van der Waals surface area (Å²) in [5.74, 6) is 1.04. The standard InChI is InChI=1S/C13H11BrFN3OS/c1-6-7(2)19-12(16-6)5-18-11-3-8(14)9(15)4-10(11)17-13(18)20/h3-4H,5H2,1-2H3,(H,17,20). The molecule has 0 spiro atoms. The van der Waals surface area contributed by atoms with Crippen LogP contribution in [0.5, 0.6) is 0 Å². The summed E-state index contributed by atoms with van der Waals surface area (Å²) < 4.78 is 21.8. The van der Waals surface area contributed by atoms with Crippen molar-refractivity contribution >= 4 is 39.2 Å². The van der Waals surface area contributed by atoms with Gasteiger partial charge >= 0.3 is 0 Å². The Balaban J connectivity index is 2.13. The average molecular weight is 356 g/mol. The number of nitrogens with one attached hydrogen (secondary N) is 1. The van der Waals surface area contributed by atoms with E-state index < -0.39 is 0 Å². The zero-order valence-corrected chi connectivity index (χ0v) is 13.2. The number of aromatic amines is 1. The fourth-order valence-electron chi connectivity index (χ4n) is 2.05. The van der Waals surface area contributed by atoms with Gasteiger partial charge in [0.15, 0.2) is 4.77 Å². The quantitative estimate of drug-likeness (QED) is 0.698. The van der Waals surface area contributed by atoms with E-state index in [2.05, 4.69) is 25.9 Å². The van der Waals surface area contributed by atoms with Crippen LogP contribution in [0.25, 0.3) is 11.0 Å². The second-order valence-electron chi connectivity index (χ2n) is 4.55. The third-order valence-electron chi connectivity index (χ3n) is 3.18. The van der Waals surface area contributed by atoms with Crippen molar-refractivity contribution in [3.63, 3.8) is 0 Å². The number of oxazole rings is 1. The van der Waals surface area contributed by atoms with E-state index in [0.29, 0.717) is 27.2 Å². The SMILES string of the molecule is Cc1nc(Cn2c(=S)[nH]c3cc(F)c(Br)cc32)oc1C. The Morgan fingerprint density at radius 2 is 2.20 bits per heavy atom. The zero-order chi connectivity index (χ0) is 14.4. The molecule has 0 radical (unpaired) electrons. The summed E-state index contributed by atoms with van der Waals surface area (Å²) in [6.07, 6.45) is 0. The summed E-state index contributed by atoms with van der Waals surface area (Å²) in [6, 6.07) is 3.11. The summed E-state index contributed by atoms with van der Waals surface area (Å²) in [7, 11) is 0. The third kappa shape index (κ3) is 2.20. The number of H-pyrrole nitrogens is 1. The molecule has 20 heavy (non-hydrogen) atoms. The number of halogens is 2. The highest BCUT2D eigenvalue weighted by molar-refractivity contribution is 9.10. The van der Waals surface area contributed by atoms with Crippen molar-refractivity contribution < 1.29 is 8.81 Å². The third-order valence-corrected chi connectivity index (χ3v) is 4.11. The van der Waals surface area contributed by atoms with E-state index in [4.69, 9.17) is 16.6 Å². The van der Waals surface area contributed by atoms with Gasteiger partial charge in [0.05, 0.1) is 21.2 Å². The molecule has 0 amide bonds. The number of nitrogens with zero attached hydrogens (tertiary/aromatic N) is 2. The molecule has 3 aromatic rings. The van der Waals surface area contributed by atoms with Gasteiger partial charge in [0.1, 0.15) is 18.1 Å². The first-order valence-electron chi connectivity index (χ1n) is 5.96. The summed E-state index contributed by atoms with van der Waals surface area (Å²) in [5, 5.41) is 0. The normalized spacial score (nSPS) is 11.4. The van der Waals surface area contributed by atoms with Gasteiger partial charge in [0.2, 0.25) is 5.89 Å². The topological polar surface area (TPSA) is 46.8 Å². The first-order chi connectivity index (χ1) is 9.45. The first-order valence-corrected chi connectivity index (χ1v) is 7.16. The smallest absolute Gasteiger partial charge is 0.214 e. The molecule has 104 valence electrons. The predicted octanol–water partition coefficient (Wildman–Crippen LogP) is 4.25. The molecule has 3 rings (SSSR count). The zero-order valence-electron chi connectivity index (χ0n) is 10.8. The number of rotatable bonds is 2. The van der Waals surface area contributed by atoms with Crippen LogP contribution in [-0.4, -0.2) is 14.5 Å². The minimum absolute atomic E-state index is 0.330. The first kappa shape index (κ1) is 13.5. The van der Waals surface area contributed by atoms with Crippen molar-refractivity contribution in [3.8, 4) is 0 Å². The van der Waals surface area contributed by atoms with Gasteiger partial charge in [-0.25, -0.2) is 9.37 Å². The van der Waals surface area contributed by atoms with E-state index in [-0.39, 0.29) is 5.82 Å². The summed E-state index contributed by atoms with van der Waals surface area (Å²) >= 11 is 8.46.